The SMILES string of the molecule is Cc1cc(C)c(C(=O)[P+](=O)C(=O)c2c(C)cc(C)cc2C)c(C)c1.c1ccccc1. The Morgan fingerprint density at radius 3 is 1.00 bits per heavy atom. The lowest BCUT2D eigenvalue weighted by atomic mass is 10.0. The van der Waals surface area contributed by atoms with Crippen LogP contribution in [0.1, 0.15) is 54.1 Å². The minimum atomic E-state index is -2.67. The molecule has 0 aromatic heterocycles. The first-order valence-corrected chi connectivity index (χ1v) is 11.1. The summed E-state index contributed by atoms with van der Waals surface area (Å²) in [5.74, 6) is 0. The van der Waals surface area contributed by atoms with Gasteiger partial charge in [-0.25, -0.2) is 9.59 Å². The number of benzene rings is 3. The van der Waals surface area contributed by atoms with E-state index >= 15 is 0 Å². The van der Waals surface area contributed by atoms with E-state index in [9.17, 15) is 14.2 Å². The van der Waals surface area contributed by atoms with E-state index in [4.69, 9.17) is 0 Å². The average molecular weight is 419 g/mol. The molecule has 154 valence electrons. The van der Waals surface area contributed by atoms with Crippen LogP contribution in [0.4, 0.5) is 0 Å². The lowest BCUT2D eigenvalue weighted by Crippen LogP contribution is -2.08. The Labute approximate surface area is 179 Å². The van der Waals surface area contributed by atoms with Crippen molar-refractivity contribution < 1.29 is 14.2 Å². The van der Waals surface area contributed by atoms with E-state index in [1.54, 1.807) is 0 Å². The fourth-order valence-corrected chi connectivity index (χ4v) is 5.01. The monoisotopic (exact) mass is 419 g/mol. The number of hydrogen-bond donors (Lipinski definition) is 0. The van der Waals surface area contributed by atoms with E-state index in [1.807, 2.05) is 102 Å². The molecule has 4 heteroatoms. The van der Waals surface area contributed by atoms with Crippen molar-refractivity contribution in [3.8, 4) is 0 Å². The molecule has 0 atom stereocenters. The molecule has 3 nitrogen and oxygen atoms in total. The van der Waals surface area contributed by atoms with Crippen LogP contribution in [0.3, 0.4) is 0 Å². The van der Waals surface area contributed by atoms with Gasteiger partial charge < -0.3 is 0 Å². The average Bonchev–Trinajstić information content (AvgIpc) is 2.67. The molecular formula is C26H28O3P+. The van der Waals surface area contributed by atoms with Crippen molar-refractivity contribution >= 4 is 18.8 Å². The maximum absolute atomic E-state index is 12.7. The van der Waals surface area contributed by atoms with Crippen molar-refractivity contribution in [2.45, 2.75) is 41.5 Å². The topological polar surface area (TPSA) is 51.2 Å². The van der Waals surface area contributed by atoms with Crippen molar-refractivity contribution in [1.29, 1.82) is 0 Å². The third-order valence-corrected chi connectivity index (χ3v) is 6.00. The molecule has 0 saturated carbocycles. The lowest BCUT2D eigenvalue weighted by molar-refractivity contribution is 0.104. The zero-order chi connectivity index (χ0) is 22.4. The smallest absolute Gasteiger partial charge is 0.234 e. The molecule has 0 heterocycles. The van der Waals surface area contributed by atoms with Crippen LogP contribution < -0.4 is 0 Å². The Morgan fingerprint density at radius 2 is 0.767 bits per heavy atom. The van der Waals surface area contributed by atoms with Gasteiger partial charge >= 0.3 is 18.8 Å². The second-order valence-electron chi connectivity index (χ2n) is 7.61. The van der Waals surface area contributed by atoms with E-state index < -0.39 is 18.8 Å². The molecule has 0 aliphatic rings. The fourth-order valence-electron chi connectivity index (χ4n) is 3.71. The van der Waals surface area contributed by atoms with Crippen molar-refractivity contribution in [3.63, 3.8) is 0 Å². The van der Waals surface area contributed by atoms with Gasteiger partial charge in [0.2, 0.25) is 0 Å². The van der Waals surface area contributed by atoms with Crippen molar-refractivity contribution in [3.05, 3.63) is 105 Å². The number of carbonyl (C=O) groups excluding carboxylic acids is 2. The van der Waals surface area contributed by atoms with Gasteiger partial charge in [0.25, 0.3) is 0 Å². The number of hydrogen-bond acceptors (Lipinski definition) is 3. The molecule has 0 unspecified atom stereocenters. The van der Waals surface area contributed by atoms with Crippen molar-refractivity contribution in [2.75, 3.05) is 0 Å². The highest BCUT2D eigenvalue weighted by molar-refractivity contribution is 7.80. The van der Waals surface area contributed by atoms with E-state index in [-0.39, 0.29) is 0 Å². The Kier molecular flexibility index (Phi) is 7.97. The van der Waals surface area contributed by atoms with Gasteiger partial charge in [-0.2, -0.15) is 0 Å². The molecule has 3 rings (SSSR count). The fraction of sp³-hybridized carbons (Fsp3) is 0.231. The van der Waals surface area contributed by atoms with Gasteiger partial charge in [-0.15, -0.1) is 0 Å². The van der Waals surface area contributed by atoms with Crippen LogP contribution in [0.2, 0.25) is 0 Å². The molecule has 0 radical (unpaired) electrons. The molecule has 0 N–H and O–H groups in total. The lowest BCUT2D eigenvalue weighted by Gasteiger charge is -2.07. The van der Waals surface area contributed by atoms with E-state index in [1.165, 1.54) is 0 Å². The summed E-state index contributed by atoms with van der Waals surface area (Å²) in [4.78, 5) is 25.4. The van der Waals surface area contributed by atoms with Crippen LogP contribution in [-0.2, 0) is 4.57 Å². The first-order valence-electron chi connectivity index (χ1n) is 9.85. The number of aryl methyl sites for hydroxylation is 6. The van der Waals surface area contributed by atoms with Crippen LogP contribution in [0.25, 0.3) is 0 Å². The Bertz CT molecular complexity index is 954. The van der Waals surface area contributed by atoms with Crippen LogP contribution in [-0.4, -0.2) is 11.0 Å². The van der Waals surface area contributed by atoms with Gasteiger partial charge in [0.1, 0.15) is 0 Å². The molecule has 3 aromatic rings. The van der Waals surface area contributed by atoms with E-state index in [0.29, 0.717) is 11.1 Å². The summed E-state index contributed by atoms with van der Waals surface area (Å²) >= 11 is 0. The summed E-state index contributed by atoms with van der Waals surface area (Å²) in [6.07, 6.45) is 0. The molecule has 0 aliphatic carbocycles. The van der Waals surface area contributed by atoms with Crippen molar-refractivity contribution in [1.82, 2.24) is 0 Å². The van der Waals surface area contributed by atoms with Gasteiger partial charge in [0, 0.05) is 0 Å². The Balaban J connectivity index is 0.000000456. The van der Waals surface area contributed by atoms with Gasteiger partial charge in [-0.05, 0) is 63.8 Å². The van der Waals surface area contributed by atoms with Crippen LogP contribution >= 0.6 is 7.80 Å². The molecule has 3 aromatic carbocycles. The Morgan fingerprint density at radius 1 is 0.533 bits per heavy atom. The minimum Gasteiger partial charge on any atom is -0.234 e. The normalized spacial score (nSPS) is 10.1. The quantitative estimate of drug-likeness (QED) is 0.427. The first-order chi connectivity index (χ1) is 14.1. The van der Waals surface area contributed by atoms with Gasteiger partial charge in [0.15, 0.2) is 0 Å². The highest BCUT2D eigenvalue weighted by atomic mass is 31.1. The zero-order valence-corrected chi connectivity index (χ0v) is 19.3. The molecule has 0 spiro atoms. The van der Waals surface area contributed by atoms with E-state index in [2.05, 4.69) is 0 Å². The molecule has 30 heavy (non-hydrogen) atoms. The highest BCUT2D eigenvalue weighted by Crippen LogP contribution is 2.36. The maximum Gasteiger partial charge on any atom is 0.501 e. The summed E-state index contributed by atoms with van der Waals surface area (Å²) in [7, 11) is -2.67. The first kappa shape index (κ1) is 23.4. The number of rotatable bonds is 4. The highest BCUT2D eigenvalue weighted by Gasteiger charge is 2.42. The molecule has 0 fully saturated rings. The number of carbonyl (C=O) groups is 2. The van der Waals surface area contributed by atoms with Crippen LogP contribution in [0.15, 0.2) is 60.7 Å². The summed E-state index contributed by atoms with van der Waals surface area (Å²) in [5, 5.41) is 0. The molecule has 0 aliphatic heterocycles. The molecule has 0 amide bonds. The van der Waals surface area contributed by atoms with Gasteiger partial charge in [0.05, 0.1) is 11.1 Å². The Hall–Kier alpha value is -2.90. The molecule has 0 bridgehead atoms. The van der Waals surface area contributed by atoms with Gasteiger partial charge in [-0.3, -0.25) is 0 Å². The summed E-state index contributed by atoms with van der Waals surface area (Å²) < 4.78 is 12.7. The van der Waals surface area contributed by atoms with Crippen molar-refractivity contribution in [2.24, 2.45) is 0 Å². The maximum atomic E-state index is 12.7. The zero-order valence-electron chi connectivity index (χ0n) is 18.4. The van der Waals surface area contributed by atoms with Crippen LogP contribution in [0, 0.1) is 41.5 Å². The predicted molar refractivity (Wildman–Crippen MR) is 124 cm³/mol. The minimum absolute atomic E-state index is 0.400. The molecule has 0 saturated heterocycles. The third-order valence-electron chi connectivity index (χ3n) is 4.82. The second kappa shape index (κ2) is 10.2. The second-order valence-corrected chi connectivity index (χ2v) is 9.01. The van der Waals surface area contributed by atoms with Crippen LogP contribution in [0.5, 0.6) is 0 Å². The van der Waals surface area contributed by atoms with Gasteiger partial charge in [-0.1, -0.05) is 76.4 Å². The third kappa shape index (κ3) is 5.58. The summed E-state index contributed by atoms with van der Waals surface area (Å²) in [5.41, 5.74) is 4.74. The summed E-state index contributed by atoms with van der Waals surface area (Å²) in [6, 6.07) is 19.5. The largest absolute Gasteiger partial charge is 0.501 e. The van der Waals surface area contributed by atoms with E-state index in [0.717, 1.165) is 33.4 Å². The molecular weight excluding hydrogens is 391 g/mol. The summed E-state index contributed by atoms with van der Waals surface area (Å²) in [6.45, 7) is 11.1. The standard InChI is InChI=1S/C20H22O3P.C6H6/c1-11-7-13(3)17(14(4)8-11)19(21)24(23)20(22)18-15(5)9-12(2)10-16(18)6;1-2-4-6-5-3-1/h7-10H,1-6H3;1-6H/q+1;. The predicted octanol–water partition coefficient (Wildman–Crippen LogP) is 7.03.